The zero-order valence-electron chi connectivity index (χ0n) is 15.9. The average molecular weight is 389 g/mol. The van der Waals surface area contributed by atoms with E-state index in [9.17, 15) is 4.39 Å². The number of para-hydroxylation sites is 2. The van der Waals surface area contributed by atoms with E-state index in [0.29, 0.717) is 24.1 Å². The summed E-state index contributed by atoms with van der Waals surface area (Å²) in [5, 5.41) is 11.8. The van der Waals surface area contributed by atoms with Crippen molar-refractivity contribution in [3.8, 4) is 17.2 Å². The lowest BCUT2D eigenvalue weighted by Crippen LogP contribution is -2.14. The van der Waals surface area contributed by atoms with Gasteiger partial charge in [-0.2, -0.15) is 0 Å². The number of hydrogen-bond donors (Lipinski definition) is 1. The molecule has 0 aliphatic rings. The number of aromatic nitrogens is 2. The number of benzene rings is 3. The number of nitrogens with one attached hydrogen (secondary N) is 1. The van der Waals surface area contributed by atoms with Gasteiger partial charge in [-0.25, -0.2) is 4.39 Å². The van der Waals surface area contributed by atoms with Crippen LogP contribution in [0.4, 0.5) is 10.1 Å². The second-order valence-corrected chi connectivity index (χ2v) is 6.37. The van der Waals surface area contributed by atoms with Gasteiger partial charge >= 0.3 is 0 Å². The van der Waals surface area contributed by atoms with Gasteiger partial charge in [-0.1, -0.05) is 42.5 Å². The molecule has 6 heteroatoms. The lowest BCUT2D eigenvalue weighted by Gasteiger charge is -2.19. The van der Waals surface area contributed by atoms with E-state index in [1.807, 2.05) is 61.5 Å². The highest BCUT2D eigenvalue weighted by atomic mass is 19.1. The quantitative estimate of drug-likeness (QED) is 0.454. The van der Waals surface area contributed by atoms with Crippen molar-refractivity contribution in [3.63, 3.8) is 0 Å². The van der Waals surface area contributed by atoms with E-state index in [1.165, 1.54) is 12.1 Å². The van der Waals surface area contributed by atoms with Gasteiger partial charge in [0.1, 0.15) is 17.6 Å². The summed E-state index contributed by atoms with van der Waals surface area (Å²) < 4.78 is 25.2. The molecule has 1 aromatic heterocycles. The van der Waals surface area contributed by atoms with E-state index in [1.54, 1.807) is 12.1 Å². The maximum atomic E-state index is 13.5. The second-order valence-electron chi connectivity index (χ2n) is 6.37. The van der Waals surface area contributed by atoms with E-state index in [4.69, 9.17) is 9.15 Å². The summed E-state index contributed by atoms with van der Waals surface area (Å²) in [6.45, 7) is 2.47. The lowest BCUT2D eigenvalue weighted by molar-refractivity contribution is 0.341. The maximum Gasteiger partial charge on any atom is 0.247 e. The molecule has 0 fully saturated rings. The minimum absolute atomic E-state index is 0.308. The number of nitrogens with zero attached hydrogens (tertiary/aromatic N) is 2. The fourth-order valence-corrected chi connectivity index (χ4v) is 3.01. The number of ether oxygens (including phenoxy) is 1. The van der Waals surface area contributed by atoms with Gasteiger partial charge < -0.3 is 14.5 Å². The highest BCUT2D eigenvalue weighted by molar-refractivity contribution is 5.58. The van der Waals surface area contributed by atoms with Crippen LogP contribution in [0.15, 0.2) is 83.3 Å². The Hall–Kier alpha value is -3.67. The van der Waals surface area contributed by atoms with Gasteiger partial charge in [0, 0.05) is 5.56 Å². The van der Waals surface area contributed by atoms with Crippen LogP contribution in [0.1, 0.15) is 24.4 Å². The SMILES string of the molecule is CCOc1ccccc1NC(c1ccc(F)cc1)c1nnc(-c2ccccc2)o1. The molecular formula is C23H20FN3O2. The van der Waals surface area contributed by atoms with Crippen molar-refractivity contribution in [1.29, 1.82) is 0 Å². The fraction of sp³-hybridized carbons (Fsp3) is 0.130. The normalized spacial score (nSPS) is 11.8. The van der Waals surface area contributed by atoms with Crippen LogP contribution >= 0.6 is 0 Å². The van der Waals surface area contributed by atoms with Gasteiger partial charge in [0.2, 0.25) is 11.8 Å². The van der Waals surface area contributed by atoms with E-state index >= 15 is 0 Å². The van der Waals surface area contributed by atoms with E-state index in [0.717, 1.165) is 16.8 Å². The summed E-state index contributed by atoms with van der Waals surface area (Å²) in [4.78, 5) is 0. The smallest absolute Gasteiger partial charge is 0.247 e. The molecule has 4 aromatic rings. The molecule has 4 rings (SSSR count). The number of hydrogen-bond acceptors (Lipinski definition) is 5. The molecule has 29 heavy (non-hydrogen) atoms. The third kappa shape index (κ3) is 4.27. The standard InChI is InChI=1S/C23H20FN3O2/c1-2-28-20-11-7-6-10-19(20)25-21(16-12-14-18(24)15-13-16)23-27-26-22(29-23)17-8-4-3-5-9-17/h3-15,21,25H,2H2,1H3. The van der Waals surface area contributed by atoms with Crippen molar-refractivity contribution < 1.29 is 13.5 Å². The molecule has 1 heterocycles. The molecular weight excluding hydrogens is 369 g/mol. The molecule has 0 bridgehead atoms. The number of anilines is 1. The highest BCUT2D eigenvalue weighted by Crippen LogP contribution is 2.32. The Kier molecular flexibility index (Phi) is 5.52. The molecule has 0 saturated heterocycles. The molecule has 1 unspecified atom stereocenters. The first-order valence-corrected chi connectivity index (χ1v) is 9.37. The van der Waals surface area contributed by atoms with Crippen LogP contribution in [0.2, 0.25) is 0 Å². The predicted molar refractivity (Wildman–Crippen MR) is 109 cm³/mol. The summed E-state index contributed by atoms with van der Waals surface area (Å²) in [6, 6.07) is 22.9. The summed E-state index contributed by atoms with van der Waals surface area (Å²) in [6.07, 6.45) is 0. The van der Waals surface area contributed by atoms with Crippen molar-refractivity contribution in [2.24, 2.45) is 0 Å². The summed E-state index contributed by atoms with van der Waals surface area (Å²) in [7, 11) is 0. The topological polar surface area (TPSA) is 60.2 Å². The predicted octanol–water partition coefficient (Wildman–Crippen LogP) is 5.48. The third-order valence-corrected chi connectivity index (χ3v) is 4.40. The Morgan fingerprint density at radius 1 is 0.931 bits per heavy atom. The molecule has 0 spiro atoms. The van der Waals surface area contributed by atoms with Gasteiger partial charge in [0.15, 0.2) is 0 Å². The van der Waals surface area contributed by atoms with E-state index in [2.05, 4.69) is 15.5 Å². The third-order valence-electron chi connectivity index (χ3n) is 4.40. The van der Waals surface area contributed by atoms with Crippen molar-refractivity contribution in [1.82, 2.24) is 10.2 Å². The van der Waals surface area contributed by atoms with Gasteiger partial charge in [0.05, 0.1) is 12.3 Å². The molecule has 0 aliphatic heterocycles. The maximum absolute atomic E-state index is 13.5. The lowest BCUT2D eigenvalue weighted by atomic mass is 10.1. The van der Waals surface area contributed by atoms with E-state index < -0.39 is 6.04 Å². The molecule has 146 valence electrons. The minimum atomic E-state index is -0.470. The first kappa shape index (κ1) is 18.7. The summed E-state index contributed by atoms with van der Waals surface area (Å²) in [5.74, 6) is 1.21. The highest BCUT2D eigenvalue weighted by Gasteiger charge is 2.23. The molecule has 0 aliphatic carbocycles. The van der Waals surface area contributed by atoms with Crippen LogP contribution in [-0.2, 0) is 0 Å². The number of rotatable bonds is 7. The second kappa shape index (κ2) is 8.56. The molecule has 5 nitrogen and oxygen atoms in total. The molecule has 0 saturated carbocycles. The Morgan fingerprint density at radius 3 is 2.41 bits per heavy atom. The fourth-order valence-electron chi connectivity index (χ4n) is 3.01. The first-order chi connectivity index (χ1) is 14.2. The Bertz CT molecular complexity index is 1060. The molecule has 3 aromatic carbocycles. The Morgan fingerprint density at radius 2 is 1.66 bits per heavy atom. The van der Waals surface area contributed by atoms with Crippen molar-refractivity contribution in [3.05, 3.63) is 96.1 Å². The zero-order valence-corrected chi connectivity index (χ0v) is 15.9. The van der Waals surface area contributed by atoms with Gasteiger partial charge in [-0.15, -0.1) is 10.2 Å². The largest absolute Gasteiger partial charge is 0.492 e. The van der Waals surface area contributed by atoms with E-state index in [-0.39, 0.29) is 5.82 Å². The monoisotopic (exact) mass is 389 g/mol. The van der Waals surface area contributed by atoms with Crippen LogP contribution in [0.3, 0.4) is 0 Å². The van der Waals surface area contributed by atoms with Crippen molar-refractivity contribution in [2.45, 2.75) is 13.0 Å². The Balaban J connectivity index is 1.72. The number of halogens is 1. The van der Waals surface area contributed by atoms with Crippen LogP contribution in [-0.4, -0.2) is 16.8 Å². The van der Waals surface area contributed by atoms with Gasteiger partial charge in [-0.3, -0.25) is 0 Å². The summed E-state index contributed by atoms with van der Waals surface area (Å²) >= 11 is 0. The zero-order chi connectivity index (χ0) is 20.1. The molecule has 1 N–H and O–H groups in total. The van der Waals surface area contributed by atoms with Crippen LogP contribution in [0.25, 0.3) is 11.5 Å². The van der Waals surface area contributed by atoms with Crippen LogP contribution < -0.4 is 10.1 Å². The average Bonchev–Trinajstić information content (AvgIpc) is 3.25. The van der Waals surface area contributed by atoms with Crippen LogP contribution in [0, 0.1) is 5.82 Å². The summed E-state index contributed by atoms with van der Waals surface area (Å²) in [5.41, 5.74) is 2.41. The van der Waals surface area contributed by atoms with Crippen LogP contribution in [0.5, 0.6) is 5.75 Å². The molecule has 1 atom stereocenters. The Labute approximate surface area is 168 Å². The van der Waals surface area contributed by atoms with Gasteiger partial charge in [0.25, 0.3) is 0 Å². The first-order valence-electron chi connectivity index (χ1n) is 9.37. The van der Waals surface area contributed by atoms with Gasteiger partial charge in [-0.05, 0) is 48.9 Å². The minimum Gasteiger partial charge on any atom is -0.492 e. The molecule has 0 radical (unpaired) electrons. The van der Waals surface area contributed by atoms with Crippen molar-refractivity contribution >= 4 is 5.69 Å². The van der Waals surface area contributed by atoms with Crippen molar-refractivity contribution in [2.75, 3.05) is 11.9 Å². The molecule has 0 amide bonds.